The average Bonchev–Trinajstić information content (AvgIpc) is 3.39. The molecule has 4 aromatic heterocycles. The lowest BCUT2D eigenvalue weighted by Crippen LogP contribution is -2.04. The van der Waals surface area contributed by atoms with E-state index in [1.54, 1.807) is 35.2 Å². The van der Waals surface area contributed by atoms with Crippen LogP contribution in [0.5, 0.6) is 0 Å². The largest absolute Gasteiger partial charge is 0.461 e. The third kappa shape index (κ3) is 2.63. The Balaban J connectivity index is 1.62. The summed E-state index contributed by atoms with van der Waals surface area (Å²) in [6.45, 7) is 1.90. The highest BCUT2D eigenvalue weighted by Gasteiger charge is 2.16. The number of aryl methyl sites for hydroxylation is 1. The van der Waals surface area contributed by atoms with Crippen molar-refractivity contribution in [3.63, 3.8) is 0 Å². The summed E-state index contributed by atoms with van der Waals surface area (Å²) < 4.78 is 7.00. The van der Waals surface area contributed by atoms with Gasteiger partial charge in [-0.3, -0.25) is 0 Å². The Morgan fingerprint density at radius 3 is 2.59 bits per heavy atom. The van der Waals surface area contributed by atoms with Crippen molar-refractivity contribution < 1.29 is 4.42 Å². The Labute approximate surface area is 153 Å². The summed E-state index contributed by atoms with van der Waals surface area (Å²) in [6, 6.07) is 15.2. The molecule has 1 aromatic carbocycles. The fourth-order valence-corrected chi connectivity index (χ4v) is 2.82. The van der Waals surface area contributed by atoms with Crippen molar-refractivity contribution in [2.75, 3.05) is 0 Å². The third-order valence-corrected chi connectivity index (χ3v) is 4.16. The van der Waals surface area contributed by atoms with Gasteiger partial charge in [-0.15, -0.1) is 15.3 Å². The molecule has 27 heavy (non-hydrogen) atoms. The summed E-state index contributed by atoms with van der Waals surface area (Å²) in [4.78, 5) is 13.4. The topological polar surface area (TPSA) is 94.9 Å². The van der Waals surface area contributed by atoms with E-state index >= 15 is 0 Å². The third-order valence-electron chi connectivity index (χ3n) is 4.16. The van der Waals surface area contributed by atoms with E-state index in [-0.39, 0.29) is 0 Å². The van der Waals surface area contributed by atoms with E-state index in [1.165, 1.54) is 0 Å². The number of rotatable bonds is 3. The molecule has 8 nitrogen and oxygen atoms in total. The zero-order valence-corrected chi connectivity index (χ0v) is 14.3. The Bertz CT molecular complexity index is 1230. The predicted octanol–water partition coefficient (Wildman–Crippen LogP) is 3.21. The van der Waals surface area contributed by atoms with Gasteiger partial charge >= 0.3 is 0 Å². The van der Waals surface area contributed by atoms with Crippen LogP contribution in [0.25, 0.3) is 40.1 Å². The fourth-order valence-electron chi connectivity index (χ4n) is 2.82. The van der Waals surface area contributed by atoms with E-state index < -0.39 is 0 Å². The Kier molecular flexibility index (Phi) is 3.46. The maximum absolute atomic E-state index is 5.36. The van der Waals surface area contributed by atoms with Crippen LogP contribution < -0.4 is 0 Å². The summed E-state index contributed by atoms with van der Waals surface area (Å²) in [5.41, 5.74) is 3.01. The van der Waals surface area contributed by atoms with Crippen molar-refractivity contribution in [1.82, 2.24) is 34.8 Å². The van der Waals surface area contributed by atoms with Crippen LogP contribution in [0.3, 0.4) is 0 Å². The number of fused-ring (bicyclic) bond motifs is 1. The standard InChI is InChI=1S/C19H13N7O/c1-12-16(14-9-10-20-17(21-14)13-6-3-2-4-7-13)23-24-19-22-18(25-26(12)19)15-8-5-11-27-15/h2-11H,1H3. The normalized spacial score (nSPS) is 11.1. The number of hydrogen-bond acceptors (Lipinski definition) is 7. The van der Waals surface area contributed by atoms with Gasteiger partial charge in [-0.2, -0.15) is 9.50 Å². The van der Waals surface area contributed by atoms with Gasteiger partial charge in [-0.05, 0) is 25.1 Å². The van der Waals surface area contributed by atoms with Crippen molar-refractivity contribution in [3.05, 3.63) is 66.7 Å². The summed E-state index contributed by atoms with van der Waals surface area (Å²) in [5, 5.41) is 13.0. The molecular formula is C19H13N7O. The van der Waals surface area contributed by atoms with Gasteiger partial charge in [0.05, 0.1) is 17.7 Å². The first-order chi connectivity index (χ1) is 13.3. The predicted molar refractivity (Wildman–Crippen MR) is 97.5 cm³/mol. The minimum absolute atomic E-state index is 0.403. The van der Waals surface area contributed by atoms with Crippen LogP contribution in [-0.4, -0.2) is 34.8 Å². The smallest absolute Gasteiger partial charge is 0.272 e. The molecule has 5 rings (SSSR count). The highest BCUT2D eigenvalue weighted by molar-refractivity contribution is 5.62. The second-order valence-electron chi connectivity index (χ2n) is 5.89. The minimum Gasteiger partial charge on any atom is -0.461 e. The van der Waals surface area contributed by atoms with Crippen molar-refractivity contribution in [3.8, 4) is 34.4 Å². The van der Waals surface area contributed by atoms with Crippen molar-refractivity contribution >= 4 is 5.78 Å². The van der Waals surface area contributed by atoms with Gasteiger partial charge in [0.1, 0.15) is 5.69 Å². The zero-order valence-electron chi connectivity index (χ0n) is 14.3. The monoisotopic (exact) mass is 355 g/mol. The maximum atomic E-state index is 5.36. The van der Waals surface area contributed by atoms with Gasteiger partial charge in [0.15, 0.2) is 11.6 Å². The highest BCUT2D eigenvalue weighted by atomic mass is 16.3. The van der Waals surface area contributed by atoms with Gasteiger partial charge in [0.2, 0.25) is 5.82 Å². The summed E-state index contributed by atoms with van der Waals surface area (Å²) >= 11 is 0. The van der Waals surface area contributed by atoms with Crippen molar-refractivity contribution in [2.24, 2.45) is 0 Å². The number of aromatic nitrogens is 7. The summed E-state index contributed by atoms with van der Waals surface area (Å²) in [7, 11) is 0. The summed E-state index contributed by atoms with van der Waals surface area (Å²) in [6.07, 6.45) is 3.29. The first-order valence-corrected chi connectivity index (χ1v) is 8.32. The molecule has 0 aliphatic heterocycles. The van der Waals surface area contributed by atoms with Crippen molar-refractivity contribution in [2.45, 2.75) is 6.92 Å². The molecule has 0 radical (unpaired) electrons. The van der Waals surface area contributed by atoms with Gasteiger partial charge in [0, 0.05) is 11.8 Å². The molecule has 0 aliphatic rings. The molecule has 0 aliphatic carbocycles. The van der Waals surface area contributed by atoms with Gasteiger partial charge < -0.3 is 4.42 Å². The molecule has 0 unspecified atom stereocenters. The lowest BCUT2D eigenvalue weighted by molar-refractivity contribution is 0.577. The average molecular weight is 355 g/mol. The van der Waals surface area contributed by atoms with E-state index in [0.717, 1.165) is 11.3 Å². The molecule has 130 valence electrons. The molecule has 5 aromatic rings. The molecule has 0 bridgehead atoms. The number of hydrogen-bond donors (Lipinski definition) is 0. The lowest BCUT2D eigenvalue weighted by atomic mass is 10.2. The second-order valence-corrected chi connectivity index (χ2v) is 5.89. The lowest BCUT2D eigenvalue weighted by Gasteiger charge is -2.06. The van der Waals surface area contributed by atoms with E-state index in [2.05, 4.69) is 30.2 Å². The Morgan fingerprint density at radius 1 is 0.889 bits per heavy atom. The maximum Gasteiger partial charge on any atom is 0.272 e. The molecule has 0 amide bonds. The Morgan fingerprint density at radius 2 is 1.78 bits per heavy atom. The molecule has 0 atom stereocenters. The molecule has 0 saturated carbocycles. The SMILES string of the molecule is Cc1c(-c2ccnc(-c3ccccc3)n2)nnc2nc(-c3ccco3)nn12. The number of nitrogens with zero attached hydrogens (tertiary/aromatic N) is 7. The van der Waals surface area contributed by atoms with Gasteiger partial charge in [-0.1, -0.05) is 30.3 Å². The molecule has 0 saturated heterocycles. The second kappa shape index (κ2) is 6.10. The van der Waals surface area contributed by atoms with E-state index in [9.17, 15) is 0 Å². The molecule has 0 N–H and O–H groups in total. The number of benzene rings is 1. The van der Waals surface area contributed by atoms with Gasteiger partial charge in [-0.25, -0.2) is 9.97 Å². The molecule has 8 heteroatoms. The van der Waals surface area contributed by atoms with Crippen LogP contribution in [0.4, 0.5) is 0 Å². The first-order valence-electron chi connectivity index (χ1n) is 8.32. The molecule has 0 fully saturated rings. The zero-order chi connectivity index (χ0) is 18.2. The van der Waals surface area contributed by atoms with Crippen LogP contribution in [0.1, 0.15) is 5.69 Å². The Hall–Kier alpha value is -3.94. The quantitative estimate of drug-likeness (QED) is 0.490. The highest BCUT2D eigenvalue weighted by Crippen LogP contribution is 2.23. The molecule has 4 heterocycles. The fraction of sp³-hybridized carbons (Fsp3) is 0.0526. The van der Waals surface area contributed by atoms with Crippen LogP contribution >= 0.6 is 0 Å². The van der Waals surface area contributed by atoms with Crippen LogP contribution in [0.15, 0.2) is 65.4 Å². The first kappa shape index (κ1) is 15.3. The van der Waals surface area contributed by atoms with Crippen LogP contribution in [0.2, 0.25) is 0 Å². The minimum atomic E-state index is 0.403. The van der Waals surface area contributed by atoms with Crippen molar-refractivity contribution in [1.29, 1.82) is 0 Å². The van der Waals surface area contributed by atoms with Crippen LogP contribution in [0, 0.1) is 6.92 Å². The van der Waals surface area contributed by atoms with E-state index in [4.69, 9.17) is 4.42 Å². The van der Waals surface area contributed by atoms with E-state index in [0.29, 0.717) is 34.6 Å². The van der Waals surface area contributed by atoms with E-state index in [1.807, 2.05) is 37.3 Å². The summed E-state index contributed by atoms with van der Waals surface area (Å²) in [5.74, 6) is 2.07. The van der Waals surface area contributed by atoms with Crippen LogP contribution in [-0.2, 0) is 0 Å². The molecular weight excluding hydrogens is 342 g/mol. The van der Waals surface area contributed by atoms with Gasteiger partial charge in [0.25, 0.3) is 5.78 Å². The molecule has 0 spiro atoms. The number of furan rings is 1.